The van der Waals surface area contributed by atoms with E-state index in [0.29, 0.717) is 0 Å². The average molecular weight is 232 g/mol. The van der Waals surface area contributed by atoms with Crippen LogP contribution in [0.25, 0.3) is 15.5 Å². The molecule has 0 fully saturated rings. The van der Waals surface area contributed by atoms with Gasteiger partial charge in [-0.15, -0.1) is 10.2 Å². The number of aromatic nitrogens is 4. The van der Waals surface area contributed by atoms with Crippen LogP contribution < -0.4 is 0 Å². The van der Waals surface area contributed by atoms with Gasteiger partial charge in [0.1, 0.15) is 12.1 Å². The van der Waals surface area contributed by atoms with Gasteiger partial charge in [0.2, 0.25) is 4.96 Å². The van der Waals surface area contributed by atoms with E-state index < -0.39 is 0 Å². The second-order valence-corrected chi connectivity index (χ2v) is 4.44. The lowest BCUT2D eigenvalue weighted by molar-refractivity contribution is 0.477. The van der Waals surface area contributed by atoms with Crippen molar-refractivity contribution >= 4 is 16.3 Å². The minimum atomic E-state index is 0.241. The second-order valence-electron chi connectivity index (χ2n) is 3.49. The topological polar surface area (TPSA) is 63.3 Å². The maximum Gasteiger partial charge on any atom is 0.234 e. The average Bonchev–Trinajstić information content (AvgIpc) is 2.76. The first-order valence-corrected chi connectivity index (χ1v) is 5.52. The minimum Gasteiger partial charge on any atom is -0.507 e. The zero-order chi connectivity index (χ0) is 11.1. The lowest BCUT2D eigenvalue weighted by atomic mass is 10.1. The zero-order valence-electron chi connectivity index (χ0n) is 8.45. The molecule has 3 aromatic rings. The first-order valence-electron chi connectivity index (χ1n) is 4.71. The molecule has 0 bridgehead atoms. The number of nitrogens with zero attached hydrogens (tertiary/aromatic N) is 4. The largest absolute Gasteiger partial charge is 0.507 e. The van der Waals surface area contributed by atoms with Crippen molar-refractivity contribution in [3.05, 3.63) is 30.1 Å². The highest BCUT2D eigenvalue weighted by atomic mass is 32.1. The van der Waals surface area contributed by atoms with Gasteiger partial charge in [-0.1, -0.05) is 17.4 Å². The second kappa shape index (κ2) is 3.28. The summed E-state index contributed by atoms with van der Waals surface area (Å²) in [5.41, 5.74) is 1.74. The quantitative estimate of drug-likeness (QED) is 0.695. The summed E-state index contributed by atoms with van der Waals surface area (Å²) in [6, 6.07) is 5.52. The summed E-state index contributed by atoms with van der Waals surface area (Å²) in [5, 5.41) is 22.5. The fraction of sp³-hybridized carbons (Fsp3) is 0.100. The molecule has 1 N–H and O–H groups in total. The molecular formula is C10H8N4OS. The first kappa shape index (κ1) is 9.29. The van der Waals surface area contributed by atoms with Crippen molar-refractivity contribution in [2.75, 3.05) is 0 Å². The summed E-state index contributed by atoms with van der Waals surface area (Å²) in [5.74, 6) is 0.241. The monoisotopic (exact) mass is 232 g/mol. The van der Waals surface area contributed by atoms with E-state index in [9.17, 15) is 5.11 Å². The number of fused-ring (bicyclic) bond motifs is 1. The van der Waals surface area contributed by atoms with Gasteiger partial charge in [-0.2, -0.15) is 9.61 Å². The van der Waals surface area contributed by atoms with Gasteiger partial charge in [-0.25, -0.2) is 0 Å². The van der Waals surface area contributed by atoms with Crippen LogP contribution in [-0.2, 0) is 0 Å². The molecule has 0 amide bonds. The molecule has 2 heterocycles. The zero-order valence-corrected chi connectivity index (χ0v) is 9.27. The van der Waals surface area contributed by atoms with Gasteiger partial charge in [-0.3, -0.25) is 0 Å². The Balaban J connectivity index is 2.19. The van der Waals surface area contributed by atoms with Crippen LogP contribution in [0.4, 0.5) is 0 Å². The molecular weight excluding hydrogens is 224 g/mol. The van der Waals surface area contributed by atoms with Crippen LogP contribution in [0.5, 0.6) is 5.75 Å². The van der Waals surface area contributed by atoms with Crippen LogP contribution in [0, 0.1) is 6.92 Å². The third-order valence-electron chi connectivity index (χ3n) is 2.27. The molecule has 80 valence electrons. The molecule has 0 saturated heterocycles. The number of phenols is 1. The normalized spacial score (nSPS) is 11.1. The van der Waals surface area contributed by atoms with Crippen molar-refractivity contribution in [2.45, 2.75) is 6.92 Å². The van der Waals surface area contributed by atoms with Crippen molar-refractivity contribution in [3.63, 3.8) is 0 Å². The van der Waals surface area contributed by atoms with Gasteiger partial charge in [0.25, 0.3) is 0 Å². The van der Waals surface area contributed by atoms with Crippen LogP contribution >= 0.6 is 11.3 Å². The van der Waals surface area contributed by atoms with E-state index in [2.05, 4.69) is 15.3 Å². The van der Waals surface area contributed by atoms with E-state index in [1.54, 1.807) is 16.9 Å². The van der Waals surface area contributed by atoms with E-state index in [-0.39, 0.29) is 5.75 Å². The van der Waals surface area contributed by atoms with Gasteiger partial charge >= 0.3 is 0 Å². The van der Waals surface area contributed by atoms with Gasteiger partial charge in [0.05, 0.1) is 5.56 Å². The van der Waals surface area contributed by atoms with Crippen LogP contribution in [0.3, 0.4) is 0 Å². The summed E-state index contributed by atoms with van der Waals surface area (Å²) in [6.07, 6.45) is 1.54. The smallest absolute Gasteiger partial charge is 0.234 e. The number of aromatic hydroxyl groups is 1. The third kappa shape index (κ3) is 1.35. The van der Waals surface area contributed by atoms with E-state index in [1.807, 2.05) is 19.1 Å². The number of hydrogen-bond donors (Lipinski definition) is 1. The van der Waals surface area contributed by atoms with Crippen molar-refractivity contribution in [1.29, 1.82) is 0 Å². The molecule has 0 spiro atoms. The van der Waals surface area contributed by atoms with Gasteiger partial charge in [-0.05, 0) is 24.6 Å². The molecule has 0 saturated carbocycles. The van der Waals surface area contributed by atoms with E-state index in [4.69, 9.17) is 0 Å². The maximum atomic E-state index is 9.83. The van der Waals surface area contributed by atoms with Crippen molar-refractivity contribution in [1.82, 2.24) is 19.8 Å². The molecule has 2 aromatic heterocycles. The van der Waals surface area contributed by atoms with Gasteiger partial charge < -0.3 is 5.11 Å². The summed E-state index contributed by atoms with van der Waals surface area (Å²) in [7, 11) is 0. The van der Waals surface area contributed by atoms with E-state index in [0.717, 1.165) is 21.1 Å². The van der Waals surface area contributed by atoms with Crippen molar-refractivity contribution in [3.8, 4) is 16.3 Å². The predicted octanol–water partition coefficient (Wildman–Crippen LogP) is 1.87. The number of rotatable bonds is 1. The Morgan fingerprint density at radius 3 is 3.00 bits per heavy atom. The predicted molar refractivity (Wildman–Crippen MR) is 60.5 cm³/mol. The van der Waals surface area contributed by atoms with Gasteiger partial charge in [0.15, 0.2) is 5.01 Å². The Bertz CT molecular complexity index is 629. The van der Waals surface area contributed by atoms with E-state index >= 15 is 0 Å². The Hall–Kier alpha value is -1.95. The summed E-state index contributed by atoms with van der Waals surface area (Å²) in [4.78, 5) is 0.718. The number of aryl methyl sites for hydroxylation is 1. The van der Waals surface area contributed by atoms with Crippen LogP contribution in [-0.4, -0.2) is 24.9 Å². The molecule has 0 unspecified atom stereocenters. The standard InChI is InChI=1S/C10H8N4OS/c1-6-2-3-7(8(15)4-6)9-13-14-5-11-12-10(14)16-9/h2-5,15H,1H3. The minimum absolute atomic E-state index is 0.241. The highest BCUT2D eigenvalue weighted by Crippen LogP contribution is 2.32. The van der Waals surface area contributed by atoms with Crippen molar-refractivity contribution < 1.29 is 5.11 Å². The Kier molecular flexibility index (Phi) is 1.90. The number of hydrogen-bond acceptors (Lipinski definition) is 5. The molecule has 0 aliphatic carbocycles. The molecule has 1 aromatic carbocycles. The van der Waals surface area contributed by atoms with E-state index in [1.165, 1.54) is 11.3 Å². The molecule has 0 atom stereocenters. The fourth-order valence-electron chi connectivity index (χ4n) is 1.49. The van der Waals surface area contributed by atoms with Crippen molar-refractivity contribution in [2.24, 2.45) is 0 Å². The molecule has 0 radical (unpaired) electrons. The number of phenolic OH excluding ortho intramolecular Hbond substituents is 1. The first-order chi connectivity index (χ1) is 7.74. The maximum absolute atomic E-state index is 9.83. The highest BCUT2D eigenvalue weighted by Gasteiger charge is 2.11. The van der Waals surface area contributed by atoms with Crippen LogP contribution in [0.2, 0.25) is 0 Å². The summed E-state index contributed by atoms with van der Waals surface area (Å²) < 4.78 is 1.60. The molecule has 6 heteroatoms. The van der Waals surface area contributed by atoms with Crippen LogP contribution in [0.15, 0.2) is 24.5 Å². The SMILES string of the molecule is Cc1ccc(-c2nn3cnnc3s2)c(O)c1. The Morgan fingerprint density at radius 2 is 2.25 bits per heavy atom. The molecule has 0 aliphatic rings. The molecule has 0 aliphatic heterocycles. The number of benzene rings is 1. The lowest BCUT2D eigenvalue weighted by Gasteiger charge is -2.00. The fourth-order valence-corrected chi connectivity index (χ4v) is 2.34. The highest BCUT2D eigenvalue weighted by molar-refractivity contribution is 7.19. The Morgan fingerprint density at radius 1 is 1.38 bits per heavy atom. The summed E-state index contributed by atoms with van der Waals surface area (Å²) in [6.45, 7) is 1.93. The van der Waals surface area contributed by atoms with Crippen LogP contribution in [0.1, 0.15) is 5.56 Å². The molecule has 3 rings (SSSR count). The molecule has 16 heavy (non-hydrogen) atoms. The Labute approximate surface area is 95.0 Å². The van der Waals surface area contributed by atoms with Gasteiger partial charge in [0, 0.05) is 0 Å². The third-order valence-corrected chi connectivity index (χ3v) is 3.22. The lowest BCUT2D eigenvalue weighted by Crippen LogP contribution is -1.83. The molecule has 5 nitrogen and oxygen atoms in total. The summed E-state index contributed by atoms with van der Waals surface area (Å²) >= 11 is 1.40.